The van der Waals surface area contributed by atoms with Gasteiger partial charge in [-0.3, -0.25) is 0 Å². The second-order valence-electron chi connectivity index (χ2n) is 4.38. The average molecular weight is 259 g/mol. The highest BCUT2D eigenvalue weighted by Crippen LogP contribution is 2.10. The van der Waals surface area contributed by atoms with Gasteiger partial charge in [0, 0.05) is 26.1 Å². The minimum Gasteiger partial charge on any atom is -0.463 e. The summed E-state index contributed by atoms with van der Waals surface area (Å²) in [4.78, 5) is 13.8. The van der Waals surface area contributed by atoms with Crippen LogP contribution in [0.15, 0.2) is 54.3 Å². The van der Waals surface area contributed by atoms with Gasteiger partial charge in [-0.2, -0.15) is 0 Å². The van der Waals surface area contributed by atoms with Crippen molar-refractivity contribution in [2.75, 3.05) is 20.7 Å². The first-order valence-electron chi connectivity index (χ1n) is 6.38. The third kappa shape index (κ3) is 5.91. The van der Waals surface area contributed by atoms with Crippen molar-refractivity contribution in [3.8, 4) is 0 Å². The first kappa shape index (κ1) is 15.0. The molecule has 1 aromatic carbocycles. The number of nitrogens with zero attached hydrogens (tertiary/aromatic N) is 1. The number of hydrogen-bond acceptors (Lipinski definition) is 3. The molecule has 0 aliphatic rings. The molecular formula is C16H21NO2. The van der Waals surface area contributed by atoms with Gasteiger partial charge in [0.25, 0.3) is 0 Å². The van der Waals surface area contributed by atoms with Crippen molar-refractivity contribution in [3.05, 3.63) is 59.8 Å². The molecular weight excluding hydrogens is 238 g/mol. The van der Waals surface area contributed by atoms with E-state index in [2.05, 4.69) is 0 Å². The third-order valence-electron chi connectivity index (χ3n) is 2.46. The van der Waals surface area contributed by atoms with E-state index in [-0.39, 0.29) is 5.97 Å². The Morgan fingerprint density at radius 3 is 2.53 bits per heavy atom. The molecule has 0 aromatic heterocycles. The second kappa shape index (κ2) is 8.14. The van der Waals surface area contributed by atoms with Gasteiger partial charge in [0.2, 0.25) is 0 Å². The fourth-order valence-electron chi connectivity index (χ4n) is 1.57. The van der Waals surface area contributed by atoms with Crippen molar-refractivity contribution in [2.24, 2.45) is 0 Å². The van der Waals surface area contributed by atoms with Crippen LogP contribution in [0.2, 0.25) is 0 Å². The minimum absolute atomic E-state index is 0.255. The SMILES string of the molecule is CCOC(=O)/C(=C/C=C/N(C)C)Cc1ccccc1. The third-order valence-corrected chi connectivity index (χ3v) is 2.46. The number of carbonyl (C=O) groups is 1. The molecule has 19 heavy (non-hydrogen) atoms. The molecule has 0 spiro atoms. The lowest BCUT2D eigenvalue weighted by atomic mass is 10.1. The predicted molar refractivity (Wildman–Crippen MR) is 77.7 cm³/mol. The lowest BCUT2D eigenvalue weighted by Gasteiger charge is -2.07. The number of hydrogen-bond donors (Lipinski definition) is 0. The predicted octanol–water partition coefficient (Wildman–Crippen LogP) is 2.79. The van der Waals surface area contributed by atoms with E-state index in [1.165, 1.54) is 0 Å². The van der Waals surface area contributed by atoms with Crippen LogP contribution in [-0.4, -0.2) is 31.6 Å². The zero-order chi connectivity index (χ0) is 14.1. The highest BCUT2D eigenvalue weighted by atomic mass is 16.5. The molecule has 0 unspecified atom stereocenters. The largest absolute Gasteiger partial charge is 0.463 e. The topological polar surface area (TPSA) is 29.5 Å². The molecule has 0 aliphatic carbocycles. The summed E-state index contributed by atoms with van der Waals surface area (Å²) in [5.41, 5.74) is 1.76. The van der Waals surface area contributed by atoms with Gasteiger partial charge in [0.05, 0.1) is 6.61 Å². The Kier molecular flexibility index (Phi) is 6.44. The lowest BCUT2D eigenvalue weighted by molar-refractivity contribution is -0.138. The van der Waals surface area contributed by atoms with Crippen LogP contribution in [0.1, 0.15) is 12.5 Å². The second-order valence-corrected chi connectivity index (χ2v) is 4.38. The van der Waals surface area contributed by atoms with E-state index in [4.69, 9.17) is 4.74 Å². The summed E-state index contributed by atoms with van der Waals surface area (Å²) in [6.07, 6.45) is 6.14. The first-order chi connectivity index (χ1) is 9.13. The highest BCUT2D eigenvalue weighted by Gasteiger charge is 2.10. The summed E-state index contributed by atoms with van der Waals surface area (Å²) in [6.45, 7) is 2.20. The maximum atomic E-state index is 11.9. The Hall–Kier alpha value is -2.03. The van der Waals surface area contributed by atoms with Crippen molar-refractivity contribution >= 4 is 5.97 Å². The molecule has 0 fully saturated rings. The number of carbonyl (C=O) groups excluding carboxylic acids is 1. The smallest absolute Gasteiger partial charge is 0.334 e. The van der Waals surface area contributed by atoms with Crippen molar-refractivity contribution in [3.63, 3.8) is 0 Å². The van der Waals surface area contributed by atoms with E-state index in [1.807, 2.05) is 74.6 Å². The number of rotatable bonds is 6. The number of ether oxygens (including phenoxy) is 1. The van der Waals surface area contributed by atoms with E-state index in [0.29, 0.717) is 18.6 Å². The molecule has 0 saturated carbocycles. The fourth-order valence-corrected chi connectivity index (χ4v) is 1.57. The van der Waals surface area contributed by atoms with Gasteiger partial charge in [0.15, 0.2) is 0 Å². The van der Waals surface area contributed by atoms with Gasteiger partial charge in [-0.25, -0.2) is 4.79 Å². The van der Waals surface area contributed by atoms with E-state index >= 15 is 0 Å². The number of esters is 1. The van der Waals surface area contributed by atoms with Gasteiger partial charge < -0.3 is 9.64 Å². The quantitative estimate of drug-likeness (QED) is 0.447. The molecule has 1 aromatic rings. The molecule has 0 amide bonds. The van der Waals surface area contributed by atoms with Crippen molar-refractivity contribution in [1.82, 2.24) is 4.90 Å². The normalized spacial score (nSPS) is 11.6. The van der Waals surface area contributed by atoms with Crippen LogP contribution < -0.4 is 0 Å². The van der Waals surface area contributed by atoms with E-state index in [9.17, 15) is 4.79 Å². The van der Waals surface area contributed by atoms with Gasteiger partial charge in [-0.15, -0.1) is 0 Å². The standard InChI is InChI=1S/C16H21NO2/c1-4-19-16(18)15(11-8-12-17(2)3)13-14-9-6-5-7-10-14/h5-12H,4,13H2,1-3H3/b12-8+,15-11+. The molecule has 0 saturated heterocycles. The molecule has 0 radical (unpaired) electrons. The summed E-state index contributed by atoms with van der Waals surface area (Å²) in [6, 6.07) is 9.90. The summed E-state index contributed by atoms with van der Waals surface area (Å²) >= 11 is 0. The molecule has 0 aliphatic heterocycles. The van der Waals surface area contributed by atoms with Crippen LogP contribution in [-0.2, 0) is 16.0 Å². The molecule has 0 atom stereocenters. The van der Waals surface area contributed by atoms with Crippen LogP contribution >= 0.6 is 0 Å². The molecule has 0 N–H and O–H groups in total. The van der Waals surface area contributed by atoms with E-state index in [0.717, 1.165) is 5.56 Å². The van der Waals surface area contributed by atoms with Crippen LogP contribution in [0, 0.1) is 0 Å². The molecule has 102 valence electrons. The number of benzene rings is 1. The fraction of sp³-hybridized carbons (Fsp3) is 0.312. The van der Waals surface area contributed by atoms with Crippen molar-refractivity contribution in [1.29, 1.82) is 0 Å². The Labute approximate surface area is 115 Å². The monoisotopic (exact) mass is 259 g/mol. The van der Waals surface area contributed by atoms with Gasteiger partial charge in [-0.1, -0.05) is 36.4 Å². The van der Waals surface area contributed by atoms with Gasteiger partial charge in [-0.05, 0) is 24.8 Å². The zero-order valence-corrected chi connectivity index (χ0v) is 11.8. The summed E-state index contributed by atoms with van der Waals surface area (Å²) in [5, 5.41) is 0. The Bertz CT molecular complexity index is 447. The van der Waals surface area contributed by atoms with Crippen LogP contribution in [0.5, 0.6) is 0 Å². The minimum atomic E-state index is -0.255. The molecule has 1 rings (SSSR count). The Morgan fingerprint density at radius 2 is 1.95 bits per heavy atom. The van der Waals surface area contributed by atoms with Crippen LogP contribution in [0.25, 0.3) is 0 Å². The van der Waals surface area contributed by atoms with E-state index < -0.39 is 0 Å². The average Bonchev–Trinajstić information content (AvgIpc) is 2.38. The maximum absolute atomic E-state index is 11.9. The van der Waals surface area contributed by atoms with E-state index in [1.54, 1.807) is 0 Å². The van der Waals surface area contributed by atoms with Crippen molar-refractivity contribution in [2.45, 2.75) is 13.3 Å². The first-order valence-corrected chi connectivity index (χ1v) is 6.38. The lowest BCUT2D eigenvalue weighted by Crippen LogP contribution is -2.10. The maximum Gasteiger partial charge on any atom is 0.334 e. The highest BCUT2D eigenvalue weighted by molar-refractivity contribution is 5.89. The molecule has 0 bridgehead atoms. The Morgan fingerprint density at radius 1 is 1.26 bits per heavy atom. The zero-order valence-electron chi connectivity index (χ0n) is 11.8. The van der Waals surface area contributed by atoms with Gasteiger partial charge in [0.1, 0.15) is 0 Å². The number of allylic oxidation sites excluding steroid dienone is 2. The molecule has 3 nitrogen and oxygen atoms in total. The Balaban J connectivity index is 2.83. The van der Waals surface area contributed by atoms with Crippen molar-refractivity contribution < 1.29 is 9.53 Å². The summed E-state index contributed by atoms with van der Waals surface area (Å²) < 4.78 is 5.08. The summed E-state index contributed by atoms with van der Waals surface area (Å²) in [5.74, 6) is -0.255. The molecule has 0 heterocycles. The molecule has 3 heteroatoms. The summed E-state index contributed by atoms with van der Waals surface area (Å²) in [7, 11) is 3.87. The van der Waals surface area contributed by atoms with Crippen LogP contribution in [0.4, 0.5) is 0 Å². The van der Waals surface area contributed by atoms with Crippen LogP contribution in [0.3, 0.4) is 0 Å². The van der Waals surface area contributed by atoms with Gasteiger partial charge >= 0.3 is 5.97 Å².